The second-order valence-corrected chi connectivity index (χ2v) is 5.11. The van der Waals surface area contributed by atoms with Gasteiger partial charge in [0.2, 0.25) is 0 Å². The van der Waals surface area contributed by atoms with E-state index in [0.29, 0.717) is 0 Å². The summed E-state index contributed by atoms with van der Waals surface area (Å²) in [5.41, 5.74) is 2.01. The number of aromatic nitrogens is 4. The van der Waals surface area contributed by atoms with Crippen molar-refractivity contribution in [1.82, 2.24) is 19.6 Å². The molecule has 0 amide bonds. The Kier molecular flexibility index (Phi) is 2.71. The van der Waals surface area contributed by atoms with Crippen LogP contribution in [0.3, 0.4) is 0 Å². The molecule has 5 nitrogen and oxygen atoms in total. The topological polar surface area (TPSA) is 55.1 Å². The summed E-state index contributed by atoms with van der Waals surface area (Å²) in [6.07, 6.45) is 3.38. The lowest BCUT2D eigenvalue weighted by molar-refractivity contribution is 0.835. The van der Waals surface area contributed by atoms with E-state index in [2.05, 4.69) is 33.4 Å². The van der Waals surface area contributed by atoms with E-state index in [-0.39, 0.29) is 6.04 Å². The van der Waals surface area contributed by atoms with E-state index in [0.717, 1.165) is 22.0 Å². The second kappa shape index (κ2) is 4.38. The molecule has 3 aromatic heterocycles. The van der Waals surface area contributed by atoms with Crippen molar-refractivity contribution in [1.29, 1.82) is 0 Å². The number of thiazole rings is 1. The summed E-state index contributed by atoms with van der Waals surface area (Å²) in [5.74, 6) is 0.935. The number of hydrogen-bond donors (Lipinski definition) is 1. The highest BCUT2D eigenvalue weighted by Gasteiger charge is 2.11. The van der Waals surface area contributed by atoms with Crippen LogP contribution in [0.1, 0.15) is 23.5 Å². The van der Waals surface area contributed by atoms with Gasteiger partial charge in [-0.05, 0) is 31.5 Å². The minimum atomic E-state index is 0.152. The van der Waals surface area contributed by atoms with Gasteiger partial charge in [-0.15, -0.1) is 11.3 Å². The molecular weight excluding hydrogens is 246 g/mol. The van der Waals surface area contributed by atoms with Crippen LogP contribution in [0.2, 0.25) is 0 Å². The highest BCUT2D eigenvalue weighted by molar-refractivity contribution is 7.09. The highest BCUT2D eigenvalue weighted by Crippen LogP contribution is 2.21. The summed E-state index contributed by atoms with van der Waals surface area (Å²) < 4.78 is 1.80. The largest absolute Gasteiger partial charge is 0.361 e. The molecular formula is C12H13N5S. The van der Waals surface area contributed by atoms with Crippen LogP contribution < -0.4 is 5.32 Å². The van der Waals surface area contributed by atoms with Crippen LogP contribution in [-0.4, -0.2) is 19.6 Å². The van der Waals surface area contributed by atoms with Gasteiger partial charge in [0.1, 0.15) is 17.2 Å². The standard InChI is InChI=1S/C12H13N5S/c1-8-5-10-14-7-15-17(10)11(6-8)16-9(2)12-13-3-4-18-12/h3-7,9,16H,1-2H3. The van der Waals surface area contributed by atoms with Crippen LogP contribution in [-0.2, 0) is 0 Å². The van der Waals surface area contributed by atoms with Crippen LogP contribution in [0.4, 0.5) is 5.82 Å². The van der Waals surface area contributed by atoms with Gasteiger partial charge in [0, 0.05) is 11.6 Å². The van der Waals surface area contributed by atoms with Crippen molar-refractivity contribution in [2.45, 2.75) is 19.9 Å². The molecule has 92 valence electrons. The molecule has 0 aliphatic rings. The summed E-state index contributed by atoms with van der Waals surface area (Å²) in [4.78, 5) is 8.52. The molecule has 3 aromatic rings. The van der Waals surface area contributed by atoms with Crippen molar-refractivity contribution in [2.24, 2.45) is 0 Å². The third kappa shape index (κ3) is 1.95. The maximum Gasteiger partial charge on any atom is 0.157 e. The van der Waals surface area contributed by atoms with E-state index in [1.807, 2.05) is 24.6 Å². The van der Waals surface area contributed by atoms with E-state index in [1.54, 1.807) is 22.2 Å². The molecule has 0 saturated heterocycles. The summed E-state index contributed by atoms with van der Waals surface area (Å²) in [6, 6.07) is 4.22. The van der Waals surface area contributed by atoms with Crippen LogP contribution in [0, 0.1) is 6.92 Å². The molecule has 0 saturated carbocycles. The predicted octanol–water partition coefficient (Wildman–Crippen LogP) is 2.67. The number of hydrogen-bond acceptors (Lipinski definition) is 5. The lowest BCUT2D eigenvalue weighted by atomic mass is 10.2. The minimum absolute atomic E-state index is 0.152. The summed E-state index contributed by atoms with van der Waals surface area (Å²) in [5, 5.41) is 10.7. The number of aryl methyl sites for hydroxylation is 1. The molecule has 0 radical (unpaired) electrons. The smallest absolute Gasteiger partial charge is 0.157 e. The minimum Gasteiger partial charge on any atom is -0.361 e. The van der Waals surface area contributed by atoms with E-state index in [4.69, 9.17) is 0 Å². The molecule has 0 aromatic carbocycles. The fraction of sp³-hybridized carbons (Fsp3) is 0.250. The SMILES string of the molecule is Cc1cc(NC(C)c2nccs2)n2ncnc2c1. The molecule has 0 bridgehead atoms. The Morgan fingerprint density at radius 1 is 1.33 bits per heavy atom. The quantitative estimate of drug-likeness (QED) is 0.785. The number of anilines is 1. The number of rotatable bonds is 3. The molecule has 1 atom stereocenters. The summed E-state index contributed by atoms with van der Waals surface area (Å²) in [6.45, 7) is 4.14. The normalized spacial score (nSPS) is 12.8. The Morgan fingerprint density at radius 2 is 2.22 bits per heavy atom. The maximum atomic E-state index is 4.31. The van der Waals surface area contributed by atoms with Crippen LogP contribution in [0.15, 0.2) is 30.0 Å². The summed E-state index contributed by atoms with van der Waals surface area (Å²) in [7, 11) is 0. The zero-order valence-electron chi connectivity index (χ0n) is 10.2. The Hall–Kier alpha value is -1.95. The van der Waals surface area contributed by atoms with E-state index in [1.165, 1.54) is 0 Å². The molecule has 0 aliphatic heterocycles. The Bertz CT molecular complexity index is 658. The molecule has 1 N–H and O–H groups in total. The van der Waals surface area contributed by atoms with Gasteiger partial charge in [0.25, 0.3) is 0 Å². The zero-order valence-corrected chi connectivity index (χ0v) is 11.0. The summed E-state index contributed by atoms with van der Waals surface area (Å²) >= 11 is 1.64. The first-order chi connectivity index (χ1) is 8.74. The van der Waals surface area contributed by atoms with Gasteiger partial charge in [0.15, 0.2) is 5.65 Å². The Labute approximate surface area is 109 Å². The number of nitrogens with zero attached hydrogens (tertiary/aromatic N) is 4. The lowest BCUT2D eigenvalue weighted by Gasteiger charge is -2.14. The first kappa shape index (κ1) is 11.2. The molecule has 18 heavy (non-hydrogen) atoms. The van der Waals surface area contributed by atoms with E-state index >= 15 is 0 Å². The van der Waals surface area contributed by atoms with Crippen LogP contribution in [0.25, 0.3) is 5.65 Å². The fourth-order valence-corrected chi connectivity index (χ4v) is 2.54. The van der Waals surface area contributed by atoms with Crippen molar-refractivity contribution in [3.8, 4) is 0 Å². The average molecular weight is 259 g/mol. The monoisotopic (exact) mass is 259 g/mol. The molecule has 0 spiro atoms. The third-order valence-corrected chi connectivity index (χ3v) is 3.67. The van der Waals surface area contributed by atoms with Gasteiger partial charge >= 0.3 is 0 Å². The molecule has 3 heterocycles. The van der Waals surface area contributed by atoms with Crippen molar-refractivity contribution in [3.63, 3.8) is 0 Å². The first-order valence-corrected chi connectivity index (χ1v) is 6.58. The zero-order chi connectivity index (χ0) is 12.5. The second-order valence-electron chi connectivity index (χ2n) is 4.18. The van der Waals surface area contributed by atoms with Crippen LogP contribution >= 0.6 is 11.3 Å². The lowest BCUT2D eigenvalue weighted by Crippen LogP contribution is -2.10. The first-order valence-electron chi connectivity index (χ1n) is 5.70. The van der Waals surface area contributed by atoms with Crippen molar-refractivity contribution < 1.29 is 0 Å². The van der Waals surface area contributed by atoms with Gasteiger partial charge in [-0.25, -0.2) is 9.97 Å². The van der Waals surface area contributed by atoms with Crippen LogP contribution in [0.5, 0.6) is 0 Å². The molecule has 6 heteroatoms. The van der Waals surface area contributed by atoms with Gasteiger partial charge in [-0.3, -0.25) is 0 Å². The van der Waals surface area contributed by atoms with Gasteiger partial charge in [-0.1, -0.05) is 0 Å². The van der Waals surface area contributed by atoms with Gasteiger partial charge < -0.3 is 5.32 Å². The third-order valence-electron chi connectivity index (χ3n) is 2.71. The number of fused-ring (bicyclic) bond motifs is 1. The molecule has 0 fully saturated rings. The van der Waals surface area contributed by atoms with E-state index < -0.39 is 0 Å². The van der Waals surface area contributed by atoms with Gasteiger partial charge in [0.05, 0.1) is 6.04 Å². The van der Waals surface area contributed by atoms with Gasteiger partial charge in [-0.2, -0.15) is 9.61 Å². The molecule has 0 aliphatic carbocycles. The van der Waals surface area contributed by atoms with Crippen molar-refractivity contribution in [2.75, 3.05) is 5.32 Å². The molecule has 3 rings (SSSR count). The maximum absolute atomic E-state index is 4.31. The molecule has 1 unspecified atom stereocenters. The highest BCUT2D eigenvalue weighted by atomic mass is 32.1. The van der Waals surface area contributed by atoms with E-state index in [9.17, 15) is 0 Å². The Morgan fingerprint density at radius 3 is 3.00 bits per heavy atom. The van der Waals surface area contributed by atoms with Crippen molar-refractivity contribution in [3.05, 3.63) is 40.6 Å². The predicted molar refractivity (Wildman–Crippen MR) is 71.9 cm³/mol. The fourth-order valence-electron chi connectivity index (χ4n) is 1.89. The number of pyridine rings is 1. The van der Waals surface area contributed by atoms with Crippen molar-refractivity contribution >= 4 is 22.8 Å². The average Bonchev–Trinajstić information content (AvgIpc) is 2.98. The number of nitrogens with one attached hydrogen (secondary N) is 1. The Balaban J connectivity index is 1.97.